The van der Waals surface area contributed by atoms with E-state index in [1.165, 1.54) is 0 Å². The van der Waals surface area contributed by atoms with Crippen molar-refractivity contribution in [3.05, 3.63) is 44.9 Å². The Morgan fingerprint density at radius 2 is 2.06 bits per heavy atom. The third-order valence-corrected chi connectivity index (χ3v) is 3.93. The molecule has 3 N–H and O–H groups in total. The zero-order chi connectivity index (χ0) is 12.4. The predicted molar refractivity (Wildman–Crippen MR) is 70.5 cm³/mol. The van der Waals surface area contributed by atoms with Crippen LogP contribution < -0.4 is 5.73 Å². The van der Waals surface area contributed by atoms with Crippen molar-refractivity contribution in [2.24, 2.45) is 10.9 Å². The fourth-order valence-electron chi connectivity index (χ4n) is 1.65. The van der Waals surface area contributed by atoms with Crippen LogP contribution >= 0.6 is 27.7 Å². The molecule has 1 aromatic rings. The predicted octanol–water partition coefficient (Wildman–Crippen LogP) is 2.76. The van der Waals surface area contributed by atoms with E-state index in [1.807, 2.05) is 24.3 Å². The maximum Gasteiger partial charge on any atom is 0.131 e. The Labute approximate surface area is 111 Å². The molecule has 0 amide bonds. The molecule has 2 rings (SSSR count). The Bertz CT molecular complexity index is 545. The van der Waals surface area contributed by atoms with Gasteiger partial charge in [0.05, 0.1) is 22.6 Å². The maximum atomic E-state index is 9.09. The lowest BCUT2D eigenvalue weighted by Gasteiger charge is -2.10. The van der Waals surface area contributed by atoms with Crippen molar-refractivity contribution in [3.63, 3.8) is 0 Å². The van der Waals surface area contributed by atoms with Gasteiger partial charge in [-0.05, 0) is 17.7 Å². The van der Waals surface area contributed by atoms with E-state index in [-0.39, 0.29) is 5.92 Å². The number of benzene rings is 1. The highest BCUT2D eigenvalue weighted by molar-refractivity contribution is 9.10. The fourth-order valence-corrected chi connectivity index (χ4v) is 2.83. The van der Waals surface area contributed by atoms with Gasteiger partial charge in [-0.3, -0.25) is 0 Å². The molecule has 86 valence electrons. The minimum absolute atomic E-state index is 0.358. The molecule has 0 radical (unpaired) electrons. The van der Waals surface area contributed by atoms with Crippen LogP contribution in [0.25, 0.3) is 0 Å². The lowest BCUT2D eigenvalue weighted by molar-refractivity contribution is 0.319. The Hall–Kier alpha value is -1.45. The molecule has 1 aliphatic rings. The van der Waals surface area contributed by atoms with Crippen molar-refractivity contribution in [2.75, 3.05) is 0 Å². The number of nitriles is 1. The van der Waals surface area contributed by atoms with Crippen molar-refractivity contribution in [1.82, 2.24) is 0 Å². The standard InChI is InChI=1S/C11H8BrN3OS/c12-7-3-1-6(2-4-7)9-8(5-13)10(14)17-11(9)15-16/h1-4,9,16H,14H2/t9-/m0/s1. The summed E-state index contributed by atoms with van der Waals surface area (Å²) in [5, 5.41) is 22.1. The monoisotopic (exact) mass is 309 g/mol. The van der Waals surface area contributed by atoms with Gasteiger partial charge in [0.15, 0.2) is 0 Å². The van der Waals surface area contributed by atoms with Crippen LogP contribution in [0.2, 0.25) is 0 Å². The Morgan fingerprint density at radius 1 is 1.41 bits per heavy atom. The zero-order valence-electron chi connectivity index (χ0n) is 8.59. The SMILES string of the molecule is N#CC1=C(N)SC(=NO)[C@H]1c1ccc(Br)cc1. The number of nitrogens with zero attached hydrogens (tertiary/aromatic N) is 2. The van der Waals surface area contributed by atoms with E-state index in [0.717, 1.165) is 21.8 Å². The molecule has 17 heavy (non-hydrogen) atoms. The molecule has 0 spiro atoms. The first kappa shape index (κ1) is 12.0. The first-order valence-electron chi connectivity index (χ1n) is 4.72. The molecule has 0 unspecified atom stereocenters. The average molecular weight is 310 g/mol. The molecule has 1 heterocycles. The maximum absolute atomic E-state index is 9.09. The highest BCUT2D eigenvalue weighted by Gasteiger charge is 2.33. The van der Waals surface area contributed by atoms with E-state index in [0.29, 0.717) is 15.6 Å². The zero-order valence-corrected chi connectivity index (χ0v) is 11.0. The molecular formula is C11H8BrN3OS. The van der Waals surface area contributed by atoms with Crippen LogP contribution in [0.3, 0.4) is 0 Å². The first-order chi connectivity index (χ1) is 8.17. The van der Waals surface area contributed by atoms with Gasteiger partial charge in [-0.2, -0.15) is 5.26 Å². The topological polar surface area (TPSA) is 82.4 Å². The summed E-state index contributed by atoms with van der Waals surface area (Å²) in [6.07, 6.45) is 0. The first-order valence-corrected chi connectivity index (χ1v) is 6.33. The molecule has 4 nitrogen and oxygen atoms in total. The van der Waals surface area contributed by atoms with E-state index in [2.05, 4.69) is 27.2 Å². The third kappa shape index (κ3) is 2.16. The number of rotatable bonds is 1. The van der Waals surface area contributed by atoms with E-state index >= 15 is 0 Å². The second-order valence-corrected chi connectivity index (χ2v) is 5.39. The summed E-state index contributed by atoms with van der Waals surface area (Å²) in [5.41, 5.74) is 7.05. The number of hydrogen-bond acceptors (Lipinski definition) is 5. The second-order valence-electron chi connectivity index (χ2n) is 3.41. The molecule has 0 aromatic heterocycles. The third-order valence-electron chi connectivity index (χ3n) is 2.44. The van der Waals surface area contributed by atoms with E-state index in [9.17, 15) is 0 Å². The van der Waals surface area contributed by atoms with Gasteiger partial charge in [0.2, 0.25) is 0 Å². The largest absolute Gasteiger partial charge is 0.410 e. The lowest BCUT2D eigenvalue weighted by atomic mass is 9.93. The molecule has 0 bridgehead atoms. The van der Waals surface area contributed by atoms with Crippen molar-refractivity contribution >= 4 is 32.7 Å². The highest BCUT2D eigenvalue weighted by Crippen LogP contribution is 2.41. The van der Waals surface area contributed by atoms with Gasteiger partial charge in [0, 0.05) is 4.47 Å². The summed E-state index contributed by atoms with van der Waals surface area (Å²) in [5.74, 6) is -0.358. The molecule has 1 atom stereocenters. The summed E-state index contributed by atoms with van der Waals surface area (Å²) in [6, 6.07) is 9.56. The van der Waals surface area contributed by atoms with Gasteiger partial charge in [0.1, 0.15) is 5.04 Å². The van der Waals surface area contributed by atoms with E-state index < -0.39 is 0 Å². The van der Waals surface area contributed by atoms with Crippen molar-refractivity contribution in [2.45, 2.75) is 5.92 Å². The smallest absolute Gasteiger partial charge is 0.131 e. The summed E-state index contributed by atoms with van der Waals surface area (Å²) in [7, 11) is 0. The van der Waals surface area contributed by atoms with Crippen molar-refractivity contribution < 1.29 is 5.21 Å². The van der Waals surface area contributed by atoms with Crippen LogP contribution in [-0.2, 0) is 0 Å². The quantitative estimate of drug-likeness (QED) is 0.617. The molecule has 0 saturated heterocycles. The number of hydrogen-bond donors (Lipinski definition) is 2. The molecule has 1 aliphatic heterocycles. The Morgan fingerprint density at radius 3 is 2.59 bits per heavy atom. The summed E-state index contributed by atoms with van der Waals surface area (Å²) in [4.78, 5) is 0. The second kappa shape index (κ2) is 4.82. The molecule has 0 aliphatic carbocycles. The minimum atomic E-state index is -0.358. The van der Waals surface area contributed by atoms with Crippen LogP contribution in [0.4, 0.5) is 0 Å². The number of nitrogens with two attached hydrogens (primary N) is 1. The van der Waals surface area contributed by atoms with E-state index in [4.69, 9.17) is 16.2 Å². The fraction of sp³-hybridized carbons (Fsp3) is 0.0909. The summed E-state index contributed by atoms with van der Waals surface area (Å²) < 4.78 is 0.949. The minimum Gasteiger partial charge on any atom is -0.410 e. The molecule has 1 aromatic carbocycles. The molecule has 6 heteroatoms. The Kier molecular flexibility index (Phi) is 3.41. The van der Waals surface area contributed by atoms with Gasteiger partial charge in [-0.25, -0.2) is 0 Å². The average Bonchev–Trinajstić information content (AvgIpc) is 2.66. The molecule has 0 saturated carbocycles. The van der Waals surface area contributed by atoms with Crippen LogP contribution in [0.1, 0.15) is 11.5 Å². The van der Waals surface area contributed by atoms with Crippen LogP contribution in [0, 0.1) is 11.3 Å². The highest BCUT2D eigenvalue weighted by atomic mass is 79.9. The number of halogens is 1. The van der Waals surface area contributed by atoms with Gasteiger partial charge >= 0.3 is 0 Å². The summed E-state index contributed by atoms with van der Waals surface area (Å²) in [6.45, 7) is 0. The number of thioether (sulfide) groups is 1. The van der Waals surface area contributed by atoms with Gasteiger partial charge in [-0.15, -0.1) is 0 Å². The number of allylic oxidation sites excluding steroid dienone is 1. The van der Waals surface area contributed by atoms with Gasteiger partial charge in [0.25, 0.3) is 0 Å². The van der Waals surface area contributed by atoms with Crippen LogP contribution in [0.5, 0.6) is 0 Å². The number of oxime groups is 1. The van der Waals surface area contributed by atoms with Crippen LogP contribution in [-0.4, -0.2) is 10.3 Å². The Balaban J connectivity index is 2.49. The lowest BCUT2D eigenvalue weighted by Crippen LogP contribution is -2.06. The molecule has 0 fully saturated rings. The van der Waals surface area contributed by atoms with E-state index in [1.54, 1.807) is 0 Å². The van der Waals surface area contributed by atoms with Gasteiger partial charge in [-0.1, -0.05) is 45.0 Å². The molecular weight excluding hydrogens is 302 g/mol. The van der Waals surface area contributed by atoms with Crippen LogP contribution in [0.15, 0.2) is 44.5 Å². The van der Waals surface area contributed by atoms with Crippen molar-refractivity contribution in [3.8, 4) is 6.07 Å². The van der Waals surface area contributed by atoms with Gasteiger partial charge < -0.3 is 10.9 Å². The summed E-state index contributed by atoms with van der Waals surface area (Å²) >= 11 is 4.47. The normalized spacial score (nSPS) is 21.9. The van der Waals surface area contributed by atoms with Crippen molar-refractivity contribution in [1.29, 1.82) is 5.26 Å².